The van der Waals surface area contributed by atoms with Crippen molar-refractivity contribution in [1.82, 2.24) is 15.0 Å². The average Bonchev–Trinajstić information content (AvgIpc) is 3.11. The molecule has 0 spiro atoms. The Hall–Kier alpha value is -3.25. The first-order valence-electron chi connectivity index (χ1n) is 8.42. The number of benzene rings is 2. The number of aromatic nitrogens is 3. The number of halogens is 3. The highest BCUT2D eigenvalue weighted by molar-refractivity contribution is 7.89. The fourth-order valence-electron chi connectivity index (χ4n) is 2.94. The fourth-order valence-corrected chi connectivity index (χ4v) is 3.91. The number of hydrogen-bond donors (Lipinski definition) is 2. The summed E-state index contributed by atoms with van der Waals surface area (Å²) in [4.78, 5) is 11.5. The molecule has 8 nitrogen and oxygen atoms in total. The second-order valence-corrected chi connectivity index (χ2v) is 8.02. The Morgan fingerprint density at radius 3 is 2.27 bits per heavy atom. The zero-order valence-electron chi connectivity index (χ0n) is 15.5. The van der Waals surface area contributed by atoms with Gasteiger partial charge in [-0.2, -0.15) is 18.3 Å². The quantitative estimate of drug-likeness (QED) is 0.627. The Morgan fingerprint density at radius 2 is 1.77 bits per heavy atom. The van der Waals surface area contributed by atoms with Gasteiger partial charge in [-0.05, 0) is 24.1 Å². The van der Waals surface area contributed by atoms with Crippen LogP contribution < -0.4 is 10.9 Å². The second kappa shape index (κ2) is 7.54. The van der Waals surface area contributed by atoms with Crippen LogP contribution in [0.4, 0.5) is 13.2 Å². The van der Waals surface area contributed by atoms with Crippen molar-refractivity contribution in [3.63, 3.8) is 0 Å². The summed E-state index contributed by atoms with van der Waals surface area (Å²) in [6.45, 7) is 1.82. The smallest absolute Gasteiger partial charge is 0.369 e. The van der Waals surface area contributed by atoms with Crippen molar-refractivity contribution in [2.45, 2.75) is 24.4 Å². The standard InChI is InChI=1S/C18H16F3N5O3S/c1-10-2-4-11(5-3-10)16-12(8-15(22)27)6-7-13(17(16)30(23,28)29)26-24-9-14(25-26)18(19,20)21/h2-7,9H,8H2,1H3,(H2,22,27)(H2,23,28,29). The average molecular weight is 439 g/mol. The van der Waals surface area contributed by atoms with E-state index in [4.69, 9.17) is 10.9 Å². The van der Waals surface area contributed by atoms with Crippen molar-refractivity contribution in [2.24, 2.45) is 10.9 Å². The van der Waals surface area contributed by atoms with Crippen molar-refractivity contribution >= 4 is 15.9 Å². The molecule has 0 bridgehead atoms. The van der Waals surface area contributed by atoms with Gasteiger partial charge in [-0.1, -0.05) is 35.9 Å². The highest BCUT2D eigenvalue weighted by Gasteiger charge is 2.35. The lowest BCUT2D eigenvalue weighted by atomic mass is 9.96. The molecule has 12 heteroatoms. The molecule has 1 amide bonds. The number of amides is 1. The normalized spacial score (nSPS) is 12.2. The van der Waals surface area contributed by atoms with Crippen molar-refractivity contribution in [1.29, 1.82) is 0 Å². The lowest BCUT2D eigenvalue weighted by molar-refractivity contribution is -0.141. The van der Waals surface area contributed by atoms with Gasteiger partial charge in [0.25, 0.3) is 0 Å². The lowest BCUT2D eigenvalue weighted by Crippen LogP contribution is -2.20. The maximum Gasteiger partial charge on any atom is 0.436 e. The van der Waals surface area contributed by atoms with Crippen LogP contribution in [0.5, 0.6) is 0 Å². The van der Waals surface area contributed by atoms with E-state index in [-0.39, 0.29) is 23.2 Å². The van der Waals surface area contributed by atoms with Gasteiger partial charge in [0.1, 0.15) is 10.6 Å². The van der Waals surface area contributed by atoms with Crippen LogP contribution in [0.1, 0.15) is 16.8 Å². The van der Waals surface area contributed by atoms with Gasteiger partial charge in [0, 0.05) is 5.56 Å². The van der Waals surface area contributed by atoms with Gasteiger partial charge in [0.05, 0.1) is 12.6 Å². The first-order valence-corrected chi connectivity index (χ1v) is 9.96. The van der Waals surface area contributed by atoms with Crippen molar-refractivity contribution in [3.8, 4) is 16.8 Å². The second-order valence-electron chi connectivity index (χ2n) is 6.52. The van der Waals surface area contributed by atoms with E-state index in [2.05, 4.69) is 10.2 Å². The van der Waals surface area contributed by atoms with Gasteiger partial charge in [-0.15, -0.1) is 9.90 Å². The predicted octanol–water partition coefficient (Wildman–Crippen LogP) is 1.94. The maximum absolute atomic E-state index is 12.9. The first kappa shape index (κ1) is 21.5. The minimum atomic E-state index is -4.77. The minimum absolute atomic E-state index is 0.0414. The Bertz CT molecular complexity index is 1220. The molecule has 1 heterocycles. The van der Waals surface area contributed by atoms with E-state index in [1.54, 1.807) is 24.3 Å². The number of alkyl halides is 3. The van der Waals surface area contributed by atoms with Crippen LogP contribution in [-0.2, 0) is 27.4 Å². The largest absolute Gasteiger partial charge is 0.436 e. The zero-order valence-corrected chi connectivity index (χ0v) is 16.3. The van der Waals surface area contributed by atoms with Crippen LogP contribution in [0.3, 0.4) is 0 Å². The summed E-state index contributed by atoms with van der Waals surface area (Å²) in [7, 11) is -4.49. The molecular weight excluding hydrogens is 423 g/mol. The molecule has 30 heavy (non-hydrogen) atoms. The Morgan fingerprint density at radius 1 is 1.13 bits per heavy atom. The molecule has 0 saturated heterocycles. The molecule has 3 aromatic rings. The van der Waals surface area contributed by atoms with Crippen molar-refractivity contribution in [2.75, 3.05) is 0 Å². The van der Waals surface area contributed by atoms with Crippen molar-refractivity contribution < 1.29 is 26.4 Å². The maximum atomic E-state index is 12.9. The summed E-state index contributed by atoms with van der Waals surface area (Å²) in [5, 5.41) is 12.3. The van der Waals surface area contributed by atoms with Gasteiger partial charge in [0.15, 0.2) is 5.69 Å². The molecule has 0 fully saturated rings. The number of sulfonamides is 1. The van der Waals surface area contributed by atoms with Crippen LogP contribution in [0, 0.1) is 6.92 Å². The highest BCUT2D eigenvalue weighted by atomic mass is 32.2. The van der Waals surface area contributed by atoms with E-state index in [0.29, 0.717) is 16.6 Å². The summed E-state index contributed by atoms with van der Waals surface area (Å²) < 4.78 is 63.8. The molecule has 0 aliphatic heterocycles. The molecule has 0 radical (unpaired) electrons. The number of carbonyl (C=O) groups is 1. The molecule has 0 atom stereocenters. The third kappa shape index (κ3) is 4.33. The lowest BCUT2D eigenvalue weighted by Gasteiger charge is -2.17. The highest BCUT2D eigenvalue weighted by Crippen LogP contribution is 2.36. The number of primary amides is 1. The molecule has 3 rings (SSSR count). The van der Waals surface area contributed by atoms with Gasteiger partial charge in [-0.25, -0.2) is 13.6 Å². The SMILES string of the molecule is Cc1ccc(-c2c(CC(N)=O)ccc(-n3ncc(C(F)(F)F)n3)c2S(N)(=O)=O)cc1. The predicted molar refractivity (Wildman–Crippen MR) is 101 cm³/mol. The number of nitrogens with two attached hydrogens (primary N) is 2. The molecule has 0 unspecified atom stereocenters. The van der Waals surface area contributed by atoms with E-state index < -0.39 is 32.7 Å². The number of carbonyl (C=O) groups excluding carboxylic acids is 1. The van der Waals surface area contributed by atoms with Crippen LogP contribution in [0.15, 0.2) is 47.5 Å². The van der Waals surface area contributed by atoms with E-state index in [0.717, 1.165) is 5.56 Å². The third-order valence-corrected chi connectivity index (χ3v) is 5.19. The molecule has 2 aromatic carbocycles. The summed E-state index contributed by atoms with van der Waals surface area (Å²) >= 11 is 0. The summed E-state index contributed by atoms with van der Waals surface area (Å²) in [5.41, 5.74) is 5.22. The van der Waals surface area contributed by atoms with E-state index in [1.807, 2.05) is 6.92 Å². The van der Waals surface area contributed by atoms with Gasteiger partial charge < -0.3 is 5.73 Å². The molecular formula is C18H16F3N5O3S. The van der Waals surface area contributed by atoms with Crippen LogP contribution in [-0.4, -0.2) is 29.3 Å². The van der Waals surface area contributed by atoms with Gasteiger partial charge in [-0.3, -0.25) is 4.79 Å². The van der Waals surface area contributed by atoms with E-state index >= 15 is 0 Å². The van der Waals surface area contributed by atoms with Gasteiger partial charge >= 0.3 is 6.18 Å². The minimum Gasteiger partial charge on any atom is -0.369 e. The van der Waals surface area contributed by atoms with E-state index in [9.17, 15) is 26.4 Å². The number of aryl methyl sites for hydroxylation is 1. The van der Waals surface area contributed by atoms with Gasteiger partial charge in [0.2, 0.25) is 15.9 Å². The molecule has 0 aliphatic rings. The van der Waals surface area contributed by atoms with E-state index in [1.165, 1.54) is 12.1 Å². The Balaban J connectivity index is 2.37. The molecule has 0 saturated carbocycles. The topological polar surface area (TPSA) is 134 Å². The summed E-state index contributed by atoms with van der Waals surface area (Å²) in [6, 6.07) is 9.17. The molecule has 4 N–H and O–H groups in total. The van der Waals surface area contributed by atoms with Crippen LogP contribution in [0.2, 0.25) is 0 Å². The van der Waals surface area contributed by atoms with Crippen LogP contribution >= 0.6 is 0 Å². The van der Waals surface area contributed by atoms with Crippen LogP contribution in [0.25, 0.3) is 16.8 Å². The molecule has 1 aromatic heterocycles. The number of rotatable bonds is 5. The fraction of sp³-hybridized carbons (Fsp3) is 0.167. The number of hydrogen-bond acceptors (Lipinski definition) is 5. The zero-order chi connectivity index (χ0) is 22.3. The number of primary sulfonamides is 1. The van der Waals surface area contributed by atoms with Crippen molar-refractivity contribution in [3.05, 3.63) is 59.4 Å². The third-order valence-electron chi connectivity index (χ3n) is 4.21. The monoisotopic (exact) mass is 439 g/mol. The Kier molecular flexibility index (Phi) is 5.39. The first-order chi connectivity index (χ1) is 13.9. The Labute approximate surface area is 169 Å². The summed E-state index contributed by atoms with van der Waals surface area (Å²) in [5.74, 6) is -0.729. The molecule has 0 aliphatic carbocycles. The number of nitrogens with zero attached hydrogens (tertiary/aromatic N) is 3. The summed E-state index contributed by atoms with van der Waals surface area (Å²) in [6.07, 6.45) is -4.62. The molecule has 158 valence electrons.